The van der Waals surface area contributed by atoms with Crippen molar-refractivity contribution in [1.82, 2.24) is 10.1 Å². The molecule has 41 heavy (non-hydrogen) atoms. The maximum Gasteiger partial charge on any atom is 0.124 e. The van der Waals surface area contributed by atoms with E-state index in [1.165, 1.54) is 10.1 Å². The number of para-hydroxylation sites is 2. The normalized spacial score (nSPS) is 22.7. The van der Waals surface area contributed by atoms with Gasteiger partial charge in [0.2, 0.25) is 0 Å². The number of phenols is 2. The van der Waals surface area contributed by atoms with Crippen LogP contribution in [-0.2, 0) is 20.4 Å². The minimum atomic E-state index is -0.303. The van der Waals surface area contributed by atoms with Gasteiger partial charge in [-0.1, -0.05) is 24.3 Å². The fourth-order valence-electron chi connectivity index (χ4n) is 6.21. The Morgan fingerprint density at radius 2 is 0.854 bits per heavy atom. The van der Waals surface area contributed by atoms with Crippen LogP contribution < -0.4 is 0 Å². The van der Waals surface area contributed by atoms with Crippen LogP contribution in [0.4, 0.5) is 0 Å². The van der Waals surface area contributed by atoms with Gasteiger partial charge >= 0.3 is 0 Å². The molecule has 0 aliphatic carbocycles. The van der Waals surface area contributed by atoms with E-state index in [2.05, 4.69) is 9.98 Å². The van der Waals surface area contributed by atoms with E-state index in [1.54, 1.807) is 36.7 Å². The van der Waals surface area contributed by atoms with Gasteiger partial charge in [0.25, 0.3) is 0 Å². The fourth-order valence-corrected chi connectivity index (χ4v) is 6.21. The maximum absolute atomic E-state index is 10.3. The van der Waals surface area contributed by atoms with Crippen molar-refractivity contribution in [2.24, 2.45) is 9.98 Å². The summed E-state index contributed by atoms with van der Waals surface area (Å²) in [5.41, 5.74) is 0.250. The van der Waals surface area contributed by atoms with Crippen molar-refractivity contribution in [3.63, 3.8) is 0 Å². The molecule has 2 aromatic carbocycles. The Morgan fingerprint density at radius 3 is 1.12 bits per heavy atom. The van der Waals surface area contributed by atoms with Crippen LogP contribution in [0.3, 0.4) is 0 Å². The summed E-state index contributed by atoms with van der Waals surface area (Å²) in [7, 11) is 0. The molecular weight excluding hydrogens is 611 g/mol. The molecule has 0 bridgehead atoms. The maximum atomic E-state index is 10.3. The quantitative estimate of drug-likeness (QED) is 0.222. The SMILES string of the molecule is CC1(C)CC(N=Cc2ccccc2O)CC(C)(C)N1O.CC1(C)CC(N=Cc2ccccc2O)CC(C)(C)N1O.[Pd]. The van der Waals surface area contributed by atoms with E-state index in [9.17, 15) is 20.6 Å². The summed E-state index contributed by atoms with van der Waals surface area (Å²) >= 11 is 0. The number of nitrogens with zero attached hydrogens (tertiary/aromatic N) is 4. The monoisotopic (exact) mass is 658 g/mol. The molecule has 0 atom stereocenters. The van der Waals surface area contributed by atoms with Crippen molar-refractivity contribution in [2.75, 3.05) is 0 Å². The van der Waals surface area contributed by atoms with Gasteiger partial charge in [-0.2, -0.15) is 10.1 Å². The molecule has 2 aliphatic heterocycles. The summed E-state index contributed by atoms with van der Waals surface area (Å²) in [6.45, 7) is 16.2. The topological polar surface area (TPSA) is 112 Å². The molecule has 2 saturated heterocycles. The average molecular weight is 659 g/mol. The largest absolute Gasteiger partial charge is 0.507 e. The minimum absolute atomic E-state index is 0. The van der Waals surface area contributed by atoms with Crippen LogP contribution in [-0.4, -0.2) is 77.4 Å². The van der Waals surface area contributed by atoms with Gasteiger partial charge in [0.05, 0.1) is 12.1 Å². The summed E-state index contributed by atoms with van der Waals surface area (Å²) in [6, 6.07) is 14.6. The van der Waals surface area contributed by atoms with Crippen LogP contribution in [0.25, 0.3) is 0 Å². The molecule has 0 amide bonds. The summed E-state index contributed by atoms with van der Waals surface area (Å²) in [6.07, 6.45) is 6.63. The third-order valence-corrected chi connectivity index (χ3v) is 7.96. The van der Waals surface area contributed by atoms with Gasteiger partial charge in [-0.05, 0) is 105 Å². The number of phenolic OH excluding ortho intramolecular Hbond substituents is 2. The number of aromatic hydroxyl groups is 2. The van der Waals surface area contributed by atoms with Crippen molar-refractivity contribution in [3.05, 3.63) is 59.7 Å². The second kappa shape index (κ2) is 13.5. The van der Waals surface area contributed by atoms with Crippen LogP contribution >= 0.6 is 0 Å². The molecule has 2 fully saturated rings. The molecule has 2 heterocycles. The molecule has 0 radical (unpaired) electrons. The van der Waals surface area contributed by atoms with Gasteiger partial charge in [0.1, 0.15) is 11.5 Å². The van der Waals surface area contributed by atoms with Crippen molar-refractivity contribution < 1.29 is 41.1 Å². The molecule has 4 rings (SSSR count). The van der Waals surface area contributed by atoms with Gasteiger partial charge in [-0.25, -0.2) is 0 Å². The van der Waals surface area contributed by atoms with Crippen LogP contribution in [0.5, 0.6) is 11.5 Å². The Labute approximate surface area is 259 Å². The average Bonchev–Trinajstić information content (AvgIpc) is 2.85. The molecule has 0 saturated carbocycles. The van der Waals surface area contributed by atoms with Gasteiger partial charge in [0, 0.05) is 66.1 Å². The summed E-state index contributed by atoms with van der Waals surface area (Å²) in [4.78, 5) is 9.23. The number of hydrogen-bond donors (Lipinski definition) is 4. The number of rotatable bonds is 4. The molecule has 2 aromatic rings. The van der Waals surface area contributed by atoms with Crippen molar-refractivity contribution in [2.45, 2.75) is 115 Å². The molecule has 4 N–H and O–H groups in total. The first-order valence-corrected chi connectivity index (χ1v) is 14.1. The smallest absolute Gasteiger partial charge is 0.124 e. The van der Waals surface area contributed by atoms with E-state index in [0.717, 1.165) is 36.8 Å². The van der Waals surface area contributed by atoms with Crippen LogP contribution in [0.2, 0.25) is 0 Å². The van der Waals surface area contributed by atoms with Crippen LogP contribution in [0.1, 0.15) is 92.2 Å². The van der Waals surface area contributed by atoms with Crippen molar-refractivity contribution >= 4 is 12.4 Å². The summed E-state index contributed by atoms with van der Waals surface area (Å²) in [5.74, 6) is 0.490. The predicted molar refractivity (Wildman–Crippen MR) is 161 cm³/mol. The first-order chi connectivity index (χ1) is 18.4. The van der Waals surface area contributed by atoms with Crippen molar-refractivity contribution in [1.29, 1.82) is 0 Å². The zero-order chi connectivity index (χ0) is 29.9. The molecule has 9 heteroatoms. The van der Waals surface area contributed by atoms with Gasteiger partial charge < -0.3 is 20.6 Å². The number of hydroxylamine groups is 4. The molecular formula is C32H48N4O4Pd. The third kappa shape index (κ3) is 8.94. The second-order valence-corrected chi connectivity index (χ2v) is 13.7. The van der Waals surface area contributed by atoms with E-state index in [-0.39, 0.29) is 66.2 Å². The Morgan fingerprint density at radius 1 is 0.585 bits per heavy atom. The Balaban J connectivity index is 0.000000280. The summed E-state index contributed by atoms with van der Waals surface area (Å²) < 4.78 is 0. The predicted octanol–water partition coefficient (Wildman–Crippen LogP) is 6.44. The first kappa shape index (κ1) is 35.1. The number of piperidine rings is 2. The zero-order valence-electron chi connectivity index (χ0n) is 25.7. The van der Waals surface area contributed by atoms with Crippen molar-refractivity contribution in [3.8, 4) is 11.5 Å². The van der Waals surface area contributed by atoms with E-state index < -0.39 is 0 Å². The Bertz CT molecular complexity index is 1080. The van der Waals surface area contributed by atoms with E-state index in [1.807, 2.05) is 79.7 Å². The summed E-state index contributed by atoms with van der Waals surface area (Å²) in [5, 5.41) is 42.9. The standard InChI is InChI=1S/2C16H24N2O2.Pd/c2*1-15(2)9-13(10-16(3,4)18(15)20)17-11-12-7-5-6-8-14(12)19;/h2*5-8,11,13,19-20H,9-10H2,1-4H3;. The number of hydrogen-bond acceptors (Lipinski definition) is 8. The van der Waals surface area contributed by atoms with Crippen LogP contribution in [0, 0.1) is 0 Å². The Hall–Kier alpha value is -2.12. The molecule has 0 unspecified atom stereocenters. The molecule has 8 nitrogen and oxygen atoms in total. The second-order valence-electron chi connectivity index (χ2n) is 13.7. The van der Waals surface area contributed by atoms with Gasteiger partial charge in [0.15, 0.2) is 0 Å². The first-order valence-electron chi connectivity index (χ1n) is 14.1. The molecule has 0 aromatic heterocycles. The zero-order valence-corrected chi connectivity index (χ0v) is 27.2. The fraction of sp³-hybridized carbons (Fsp3) is 0.562. The molecule has 0 spiro atoms. The number of benzene rings is 2. The van der Waals surface area contributed by atoms with Gasteiger partial charge in [-0.3, -0.25) is 9.98 Å². The van der Waals surface area contributed by atoms with E-state index in [0.29, 0.717) is 0 Å². The van der Waals surface area contributed by atoms with E-state index >= 15 is 0 Å². The van der Waals surface area contributed by atoms with E-state index in [4.69, 9.17) is 0 Å². The van der Waals surface area contributed by atoms with Gasteiger partial charge in [-0.15, -0.1) is 0 Å². The molecule has 230 valence electrons. The number of aliphatic imine (C=N–C) groups is 2. The third-order valence-electron chi connectivity index (χ3n) is 7.96. The minimum Gasteiger partial charge on any atom is -0.507 e. The Kier molecular flexibility index (Phi) is 11.5. The molecule has 2 aliphatic rings. The van der Waals surface area contributed by atoms with Crippen LogP contribution in [0.15, 0.2) is 58.5 Å².